The Kier molecular flexibility index (Phi) is 16.0. The first-order valence-electron chi connectivity index (χ1n) is 9.45. The van der Waals surface area contributed by atoms with E-state index in [0.29, 0.717) is 0 Å². The van der Waals surface area contributed by atoms with Crippen LogP contribution in [0.5, 0.6) is 0 Å². The van der Waals surface area contributed by atoms with E-state index in [2.05, 4.69) is 13.8 Å². The zero-order valence-electron chi connectivity index (χ0n) is 15.2. The summed E-state index contributed by atoms with van der Waals surface area (Å²) in [5.41, 5.74) is 0. The van der Waals surface area contributed by atoms with Crippen molar-refractivity contribution >= 4 is 5.97 Å². The van der Waals surface area contributed by atoms with Gasteiger partial charge < -0.3 is 4.74 Å². The first kappa shape index (κ1) is 21.2. The molecule has 130 valence electrons. The van der Waals surface area contributed by atoms with Gasteiger partial charge in [-0.05, 0) is 24.8 Å². The van der Waals surface area contributed by atoms with E-state index < -0.39 is 0 Å². The minimum Gasteiger partial charge on any atom is -0.435 e. The van der Waals surface area contributed by atoms with Crippen molar-refractivity contribution in [3.05, 3.63) is 12.3 Å². The molecule has 0 radical (unpaired) electrons. The molecular formula is C20H38O2. The number of carbonyl (C=O) groups excluding carboxylic acids is 1. The van der Waals surface area contributed by atoms with Crippen LogP contribution in [0.2, 0.25) is 0 Å². The minimum absolute atomic E-state index is 0.240. The van der Waals surface area contributed by atoms with Crippen LogP contribution in [0.15, 0.2) is 12.3 Å². The average Bonchev–Trinajstić information content (AvgIpc) is 2.46. The molecule has 0 heterocycles. The molecule has 0 bridgehead atoms. The van der Waals surface area contributed by atoms with Gasteiger partial charge in [-0.1, -0.05) is 84.5 Å². The molecule has 0 saturated heterocycles. The molecule has 2 nitrogen and oxygen atoms in total. The van der Waals surface area contributed by atoms with Gasteiger partial charge in [-0.15, -0.1) is 0 Å². The van der Waals surface area contributed by atoms with Crippen LogP contribution < -0.4 is 0 Å². The molecule has 0 saturated carbocycles. The number of rotatable bonds is 15. The first-order valence-corrected chi connectivity index (χ1v) is 9.45. The third-order valence-electron chi connectivity index (χ3n) is 3.98. The molecule has 2 heteroatoms. The predicted molar refractivity (Wildman–Crippen MR) is 95.8 cm³/mol. The largest absolute Gasteiger partial charge is 0.435 e. The highest BCUT2D eigenvalue weighted by Crippen LogP contribution is 2.14. The maximum absolute atomic E-state index is 10.5. The summed E-state index contributed by atoms with van der Waals surface area (Å²) in [4.78, 5) is 10.5. The standard InChI is InChI=1S/C20H38O2/c1-19(2)17-15-13-11-9-7-5-4-6-8-10-12-14-16-18-22-20(3)21/h16,18-19H,4-15,17H2,1-3H3. The zero-order chi connectivity index (χ0) is 16.5. The summed E-state index contributed by atoms with van der Waals surface area (Å²) in [6.45, 7) is 6.06. The second-order valence-electron chi connectivity index (χ2n) is 6.84. The molecule has 0 unspecified atom stereocenters. The highest BCUT2D eigenvalue weighted by atomic mass is 16.5. The number of allylic oxidation sites excluding steroid dienone is 1. The average molecular weight is 311 g/mol. The summed E-state index contributed by atoms with van der Waals surface area (Å²) >= 11 is 0. The second-order valence-corrected chi connectivity index (χ2v) is 6.84. The monoisotopic (exact) mass is 310 g/mol. The van der Waals surface area contributed by atoms with Gasteiger partial charge in [0.05, 0.1) is 6.26 Å². The van der Waals surface area contributed by atoms with Crippen LogP contribution in [-0.4, -0.2) is 5.97 Å². The van der Waals surface area contributed by atoms with Gasteiger partial charge in [-0.2, -0.15) is 0 Å². The highest BCUT2D eigenvalue weighted by Gasteiger charge is 1.95. The smallest absolute Gasteiger partial charge is 0.307 e. The fourth-order valence-electron chi connectivity index (χ4n) is 2.62. The van der Waals surface area contributed by atoms with Crippen molar-refractivity contribution in [2.45, 2.75) is 104 Å². The Labute approximate surface area is 138 Å². The third kappa shape index (κ3) is 19.2. The predicted octanol–water partition coefficient (Wildman–Crippen LogP) is 6.79. The molecule has 0 spiro atoms. The molecule has 0 rings (SSSR count). The van der Waals surface area contributed by atoms with E-state index in [-0.39, 0.29) is 5.97 Å². The fourth-order valence-corrected chi connectivity index (χ4v) is 2.62. The molecular weight excluding hydrogens is 272 g/mol. The summed E-state index contributed by atoms with van der Waals surface area (Å²) in [5, 5.41) is 0. The van der Waals surface area contributed by atoms with Crippen molar-refractivity contribution in [2.24, 2.45) is 5.92 Å². The lowest BCUT2D eigenvalue weighted by atomic mass is 10.0. The van der Waals surface area contributed by atoms with Gasteiger partial charge >= 0.3 is 5.97 Å². The van der Waals surface area contributed by atoms with Crippen LogP contribution in [0.1, 0.15) is 104 Å². The molecule has 22 heavy (non-hydrogen) atoms. The van der Waals surface area contributed by atoms with Gasteiger partial charge in [-0.25, -0.2) is 0 Å². The Morgan fingerprint density at radius 2 is 1.27 bits per heavy atom. The highest BCUT2D eigenvalue weighted by molar-refractivity contribution is 5.66. The van der Waals surface area contributed by atoms with E-state index in [1.165, 1.54) is 90.2 Å². The summed E-state index contributed by atoms with van der Waals surface area (Å²) in [6, 6.07) is 0. The van der Waals surface area contributed by atoms with Crippen molar-refractivity contribution in [1.82, 2.24) is 0 Å². The number of ether oxygens (including phenoxy) is 1. The maximum Gasteiger partial charge on any atom is 0.307 e. The Bertz CT molecular complexity index is 269. The normalized spacial score (nSPS) is 11.5. The van der Waals surface area contributed by atoms with Gasteiger partial charge in [0.1, 0.15) is 0 Å². The molecule has 0 amide bonds. The summed E-state index contributed by atoms with van der Waals surface area (Å²) in [6.07, 6.45) is 21.0. The van der Waals surface area contributed by atoms with E-state index in [9.17, 15) is 4.79 Å². The van der Waals surface area contributed by atoms with Crippen LogP contribution in [0.4, 0.5) is 0 Å². The van der Waals surface area contributed by atoms with E-state index in [1.54, 1.807) is 0 Å². The van der Waals surface area contributed by atoms with Gasteiger partial charge in [0.2, 0.25) is 0 Å². The number of esters is 1. The Balaban J connectivity index is 3.05. The van der Waals surface area contributed by atoms with Crippen LogP contribution >= 0.6 is 0 Å². The molecule has 0 aliphatic carbocycles. The molecule has 0 aliphatic heterocycles. The lowest BCUT2D eigenvalue weighted by molar-refractivity contribution is -0.135. The molecule has 0 fully saturated rings. The summed E-state index contributed by atoms with van der Waals surface area (Å²) < 4.78 is 4.74. The second kappa shape index (κ2) is 16.6. The van der Waals surface area contributed by atoms with Crippen LogP contribution in [0.25, 0.3) is 0 Å². The number of carbonyl (C=O) groups is 1. The molecule has 0 atom stereocenters. The van der Waals surface area contributed by atoms with Crippen LogP contribution in [0.3, 0.4) is 0 Å². The Morgan fingerprint density at radius 3 is 1.73 bits per heavy atom. The van der Waals surface area contributed by atoms with E-state index in [1.807, 2.05) is 6.08 Å². The lowest BCUT2D eigenvalue weighted by Crippen LogP contribution is -1.89. The topological polar surface area (TPSA) is 26.3 Å². The van der Waals surface area contributed by atoms with Gasteiger partial charge in [0, 0.05) is 6.92 Å². The van der Waals surface area contributed by atoms with Gasteiger partial charge in [0.25, 0.3) is 0 Å². The van der Waals surface area contributed by atoms with E-state index in [4.69, 9.17) is 4.74 Å². The molecule has 0 aliphatic rings. The SMILES string of the molecule is CC(=O)OC=CCCCCCCCCCCCCCC(C)C. The lowest BCUT2D eigenvalue weighted by Gasteiger charge is -2.04. The van der Waals surface area contributed by atoms with E-state index >= 15 is 0 Å². The van der Waals surface area contributed by atoms with Crippen molar-refractivity contribution in [3.8, 4) is 0 Å². The van der Waals surface area contributed by atoms with Crippen LogP contribution in [-0.2, 0) is 9.53 Å². The number of unbranched alkanes of at least 4 members (excludes halogenated alkanes) is 11. The Hall–Kier alpha value is -0.790. The molecule has 0 aromatic rings. The fraction of sp³-hybridized carbons (Fsp3) is 0.850. The zero-order valence-corrected chi connectivity index (χ0v) is 15.2. The summed E-state index contributed by atoms with van der Waals surface area (Å²) in [5.74, 6) is 0.633. The van der Waals surface area contributed by atoms with Crippen molar-refractivity contribution < 1.29 is 9.53 Å². The summed E-state index contributed by atoms with van der Waals surface area (Å²) in [7, 11) is 0. The quantitative estimate of drug-likeness (QED) is 0.189. The van der Waals surface area contributed by atoms with Gasteiger partial charge in [0.15, 0.2) is 0 Å². The van der Waals surface area contributed by atoms with Crippen molar-refractivity contribution in [1.29, 1.82) is 0 Å². The third-order valence-corrected chi connectivity index (χ3v) is 3.98. The molecule has 0 aromatic heterocycles. The van der Waals surface area contributed by atoms with Crippen molar-refractivity contribution in [3.63, 3.8) is 0 Å². The Morgan fingerprint density at radius 1 is 0.818 bits per heavy atom. The maximum atomic E-state index is 10.5. The first-order chi connectivity index (χ1) is 10.6. The van der Waals surface area contributed by atoms with Crippen molar-refractivity contribution in [2.75, 3.05) is 0 Å². The molecule has 0 aromatic carbocycles. The number of hydrogen-bond acceptors (Lipinski definition) is 2. The molecule has 0 N–H and O–H groups in total. The van der Waals surface area contributed by atoms with Gasteiger partial charge in [-0.3, -0.25) is 4.79 Å². The number of hydrogen-bond donors (Lipinski definition) is 0. The van der Waals surface area contributed by atoms with Crippen LogP contribution in [0, 0.1) is 5.92 Å². The minimum atomic E-state index is -0.240. The van der Waals surface area contributed by atoms with E-state index in [0.717, 1.165) is 12.3 Å².